The second kappa shape index (κ2) is 6.36. The Labute approximate surface area is 145 Å². The fourth-order valence-electron chi connectivity index (χ4n) is 2.53. The molecule has 0 aliphatic carbocycles. The third kappa shape index (κ3) is 3.35. The van der Waals surface area contributed by atoms with Crippen molar-refractivity contribution >= 4 is 11.9 Å². The van der Waals surface area contributed by atoms with Crippen LogP contribution in [-0.4, -0.2) is 21.1 Å². The number of fused-ring (bicyclic) bond motifs is 1. The van der Waals surface area contributed by atoms with E-state index < -0.39 is 0 Å². The van der Waals surface area contributed by atoms with Crippen molar-refractivity contribution in [2.45, 2.75) is 20.3 Å². The molecule has 3 N–H and O–H groups in total. The van der Waals surface area contributed by atoms with Gasteiger partial charge in [-0.25, -0.2) is 0 Å². The maximum absolute atomic E-state index is 12.6. The lowest BCUT2D eigenvalue weighted by molar-refractivity contribution is 0.101. The Hall–Kier alpha value is -3.21. The van der Waals surface area contributed by atoms with E-state index in [1.54, 1.807) is 12.1 Å². The third-order valence-corrected chi connectivity index (χ3v) is 3.90. The molecule has 2 aromatic rings. The van der Waals surface area contributed by atoms with E-state index in [-0.39, 0.29) is 28.8 Å². The van der Waals surface area contributed by atoms with Crippen LogP contribution in [0.4, 0.5) is 0 Å². The average molecular weight is 338 g/mol. The summed E-state index contributed by atoms with van der Waals surface area (Å²) < 4.78 is 5.55. The zero-order chi connectivity index (χ0) is 18.1. The summed E-state index contributed by atoms with van der Waals surface area (Å²) in [7, 11) is 0. The molecule has 0 atom stereocenters. The summed E-state index contributed by atoms with van der Waals surface area (Å²) in [4.78, 5) is 12.6. The van der Waals surface area contributed by atoms with Crippen LogP contribution in [0.1, 0.15) is 35.3 Å². The molecule has 1 aliphatic heterocycles. The summed E-state index contributed by atoms with van der Waals surface area (Å²) in [6, 6.07) is 7.30. The van der Waals surface area contributed by atoms with E-state index >= 15 is 0 Å². The molecule has 128 valence electrons. The van der Waals surface area contributed by atoms with E-state index in [0.29, 0.717) is 28.9 Å². The normalized spacial score (nSPS) is 14.3. The first-order valence-electron chi connectivity index (χ1n) is 7.80. The maximum Gasteiger partial charge on any atom is 0.231 e. The van der Waals surface area contributed by atoms with Gasteiger partial charge in [-0.15, -0.1) is 0 Å². The first kappa shape index (κ1) is 16.6. The van der Waals surface area contributed by atoms with Crippen LogP contribution in [0.25, 0.3) is 6.08 Å². The quantitative estimate of drug-likeness (QED) is 0.448. The molecule has 0 aromatic heterocycles. The topological polar surface area (TPSA) is 87.0 Å². The molecular weight excluding hydrogens is 320 g/mol. The van der Waals surface area contributed by atoms with Crippen LogP contribution in [0.2, 0.25) is 0 Å². The number of carbonyl (C=O) groups excluding carboxylic acids is 1. The molecule has 5 nitrogen and oxygen atoms in total. The minimum atomic E-state index is -0.291. The third-order valence-electron chi connectivity index (χ3n) is 3.90. The molecule has 3 rings (SSSR count). The number of hydrogen-bond acceptors (Lipinski definition) is 5. The van der Waals surface area contributed by atoms with Crippen molar-refractivity contribution in [3.05, 3.63) is 64.4 Å². The molecule has 2 aromatic carbocycles. The monoisotopic (exact) mass is 338 g/mol. The van der Waals surface area contributed by atoms with Crippen molar-refractivity contribution in [3.63, 3.8) is 0 Å². The molecule has 0 saturated heterocycles. The lowest BCUT2D eigenvalue weighted by Crippen LogP contribution is -1.98. The Bertz CT molecular complexity index is 918. The van der Waals surface area contributed by atoms with E-state index in [1.807, 2.05) is 19.9 Å². The van der Waals surface area contributed by atoms with Crippen LogP contribution in [0.3, 0.4) is 0 Å². The standard InChI is InChI=1S/C20H18O5/c1-11(2)3-5-13-9-14-18(10-16(13)22)25-19(20(14)24)8-12-4-6-15(21)17(23)7-12/h3-4,6-10,21-23H,5H2,1-2H3/b19-8-. The van der Waals surface area contributed by atoms with Crippen LogP contribution in [0, 0.1) is 0 Å². The highest BCUT2D eigenvalue weighted by molar-refractivity contribution is 6.14. The number of ether oxygens (including phenoxy) is 1. The molecule has 0 bridgehead atoms. The Morgan fingerprint density at radius 3 is 2.48 bits per heavy atom. The van der Waals surface area contributed by atoms with Gasteiger partial charge in [0.15, 0.2) is 17.3 Å². The Kier molecular flexibility index (Phi) is 4.23. The number of aromatic hydroxyl groups is 3. The molecular formula is C20H18O5. The Morgan fingerprint density at radius 2 is 1.80 bits per heavy atom. The molecule has 1 aliphatic rings. The highest BCUT2D eigenvalue weighted by Crippen LogP contribution is 2.37. The number of Topliss-reactive ketones (excluding diaryl/α,β-unsaturated/α-hetero) is 1. The first-order chi connectivity index (χ1) is 11.8. The van der Waals surface area contributed by atoms with Crippen molar-refractivity contribution in [1.82, 2.24) is 0 Å². The summed E-state index contributed by atoms with van der Waals surface area (Å²) in [5.41, 5.74) is 2.68. The summed E-state index contributed by atoms with van der Waals surface area (Å²) in [5.74, 6) is -0.331. The van der Waals surface area contributed by atoms with Crippen molar-refractivity contribution in [3.8, 4) is 23.0 Å². The van der Waals surface area contributed by atoms with Gasteiger partial charge >= 0.3 is 0 Å². The van der Waals surface area contributed by atoms with E-state index in [4.69, 9.17) is 4.74 Å². The second-order valence-corrected chi connectivity index (χ2v) is 6.15. The van der Waals surface area contributed by atoms with Crippen LogP contribution in [-0.2, 0) is 6.42 Å². The minimum absolute atomic E-state index is 0.0765. The number of allylic oxidation sites excluding steroid dienone is 3. The number of rotatable bonds is 3. The predicted molar refractivity (Wildman–Crippen MR) is 93.9 cm³/mol. The van der Waals surface area contributed by atoms with Crippen LogP contribution in [0.5, 0.6) is 23.0 Å². The fourth-order valence-corrected chi connectivity index (χ4v) is 2.53. The van der Waals surface area contributed by atoms with E-state index in [2.05, 4.69) is 0 Å². The number of phenols is 3. The predicted octanol–water partition coefficient (Wildman–Crippen LogP) is 3.93. The van der Waals surface area contributed by atoms with Gasteiger partial charge < -0.3 is 20.1 Å². The summed E-state index contributed by atoms with van der Waals surface area (Å²) in [5, 5.41) is 29.0. The van der Waals surface area contributed by atoms with E-state index in [9.17, 15) is 20.1 Å². The molecule has 0 amide bonds. The molecule has 0 saturated carbocycles. The molecule has 25 heavy (non-hydrogen) atoms. The van der Waals surface area contributed by atoms with E-state index in [0.717, 1.165) is 5.57 Å². The highest BCUT2D eigenvalue weighted by atomic mass is 16.5. The van der Waals surface area contributed by atoms with Crippen molar-refractivity contribution in [1.29, 1.82) is 0 Å². The lowest BCUT2D eigenvalue weighted by Gasteiger charge is -2.04. The van der Waals surface area contributed by atoms with Crippen LogP contribution in [0.15, 0.2) is 47.7 Å². The molecule has 0 fully saturated rings. The average Bonchev–Trinajstić information content (AvgIpc) is 2.84. The van der Waals surface area contributed by atoms with Crippen molar-refractivity contribution in [2.75, 3.05) is 0 Å². The molecule has 0 radical (unpaired) electrons. The van der Waals surface area contributed by atoms with E-state index in [1.165, 1.54) is 24.3 Å². The number of carbonyl (C=O) groups is 1. The van der Waals surface area contributed by atoms with Gasteiger partial charge in [0.25, 0.3) is 0 Å². The number of hydrogen-bond donors (Lipinski definition) is 3. The van der Waals surface area contributed by atoms with Crippen molar-refractivity contribution in [2.24, 2.45) is 0 Å². The fraction of sp³-hybridized carbons (Fsp3) is 0.150. The van der Waals surface area contributed by atoms with Gasteiger partial charge in [0, 0.05) is 6.07 Å². The number of phenolic OH excluding ortho intramolecular Hbond substituents is 3. The van der Waals surface area contributed by atoms with Gasteiger partial charge in [0.1, 0.15) is 11.5 Å². The highest BCUT2D eigenvalue weighted by Gasteiger charge is 2.28. The Morgan fingerprint density at radius 1 is 1.04 bits per heavy atom. The largest absolute Gasteiger partial charge is 0.508 e. The van der Waals surface area contributed by atoms with Gasteiger partial charge in [-0.05, 0) is 55.7 Å². The summed E-state index contributed by atoms with van der Waals surface area (Å²) in [6.07, 6.45) is 3.98. The maximum atomic E-state index is 12.6. The SMILES string of the molecule is CC(C)=CCc1cc2c(cc1O)O/C(=C\c1ccc(O)c(O)c1)C2=O. The molecule has 1 heterocycles. The van der Waals surface area contributed by atoms with Gasteiger partial charge in [-0.2, -0.15) is 0 Å². The second-order valence-electron chi connectivity index (χ2n) is 6.15. The van der Waals surface area contributed by atoms with Gasteiger partial charge in [0.05, 0.1) is 5.56 Å². The van der Waals surface area contributed by atoms with Crippen LogP contribution < -0.4 is 4.74 Å². The zero-order valence-electron chi connectivity index (χ0n) is 13.9. The van der Waals surface area contributed by atoms with Crippen LogP contribution >= 0.6 is 0 Å². The molecule has 5 heteroatoms. The van der Waals surface area contributed by atoms with Gasteiger partial charge in [-0.3, -0.25) is 4.79 Å². The van der Waals surface area contributed by atoms with Gasteiger partial charge in [0.2, 0.25) is 5.78 Å². The zero-order valence-corrected chi connectivity index (χ0v) is 13.9. The summed E-state index contributed by atoms with van der Waals surface area (Å²) in [6.45, 7) is 3.93. The number of benzene rings is 2. The van der Waals surface area contributed by atoms with Gasteiger partial charge in [-0.1, -0.05) is 17.7 Å². The molecule has 0 spiro atoms. The van der Waals surface area contributed by atoms with Crippen molar-refractivity contribution < 1.29 is 24.9 Å². The Balaban J connectivity index is 1.94. The molecule has 0 unspecified atom stereocenters. The minimum Gasteiger partial charge on any atom is -0.508 e. The smallest absolute Gasteiger partial charge is 0.231 e. The lowest BCUT2D eigenvalue weighted by atomic mass is 10.0. The summed E-state index contributed by atoms with van der Waals surface area (Å²) >= 11 is 0. The number of ketones is 1. The first-order valence-corrected chi connectivity index (χ1v) is 7.80.